The van der Waals surface area contributed by atoms with Crippen molar-refractivity contribution in [3.8, 4) is 22.5 Å². The molecule has 5 heteroatoms. The van der Waals surface area contributed by atoms with Crippen LogP contribution in [-0.2, 0) is 0 Å². The van der Waals surface area contributed by atoms with Gasteiger partial charge < -0.3 is 4.57 Å². The van der Waals surface area contributed by atoms with E-state index in [9.17, 15) is 0 Å². The van der Waals surface area contributed by atoms with Crippen LogP contribution in [0.2, 0.25) is 0 Å². The second-order valence-corrected chi connectivity index (χ2v) is 7.50. The zero-order valence-corrected chi connectivity index (χ0v) is 14.6. The molecule has 0 bridgehead atoms. The quantitative estimate of drug-likeness (QED) is 0.503. The van der Waals surface area contributed by atoms with Crippen LogP contribution >= 0.6 is 11.3 Å². The number of hydrogen-bond acceptors (Lipinski definition) is 4. The molecular weight excluding hydrogens is 328 g/mol. The fraction of sp³-hybridized carbons (Fsp3) is 0.250. The molecule has 0 N–H and O–H groups in total. The van der Waals surface area contributed by atoms with Crippen LogP contribution in [0.4, 0.5) is 0 Å². The minimum Gasteiger partial charge on any atom is -0.310 e. The van der Waals surface area contributed by atoms with E-state index < -0.39 is 0 Å². The number of aromatic nitrogens is 4. The molecule has 5 rings (SSSR count). The van der Waals surface area contributed by atoms with Crippen LogP contribution in [0.15, 0.2) is 54.3 Å². The Morgan fingerprint density at radius 3 is 2.52 bits per heavy atom. The van der Waals surface area contributed by atoms with Gasteiger partial charge in [0.2, 0.25) is 0 Å². The molecule has 25 heavy (non-hydrogen) atoms. The van der Waals surface area contributed by atoms with Crippen LogP contribution < -0.4 is 0 Å². The zero-order chi connectivity index (χ0) is 16.6. The Balaban J connectivity index is 1.48. The molecule has 1 saturated carbocycles. The summed E-state index contributed by atoms with van der Waals surface area (Å²) in [6.45, 7) is 0. The predicted octanol–water partition coefficient (Wildman–Crippen LogP) is 5.34. The van der Waals surface area contributed by atoms with Crippen molar-refractivity contribution in [3.05, 3.63) is 54.3 Å². The zero-order valence-electron chi connectivity index (χ0n) is 13.8. The Morgan fingerprint density at radius 1 is 0.920 bits per heavy atom. The highest BCUT2D eigenvalue weighted by atomic mass is 32.1. The summed E-state index contributed by atoms with van der Waals surface area (Å²) in [5.41, 5.74) is 6.53. The molecule has 0 amide bonds. The number of benzene rings is 2. The molecular formula is C20H18N4S. The summed E-state index contributed by atoms with van der Waals surface area (Å²) in [5, 5.41) is 8.53. The Kier molecular flexibility index (Phi) is 3.59. The first-order valence-corrected chi connectivity index (χ1v) is 9.60. The molecule has 0 saturated heterocycles. The van der Waals surface area contributed by atoms with Gasteiger partial charge in [0, 0.05) is 11.6 Å². The van der Waals surface area contributed by atoms with Gasteiger partial charge >= 0.3 is 0 Å². The van der Waals surface area contributed by atoms with Gasteiger partial charge in [0.25, 0.3) is 0 Å². The molecule has 0 unspecified atom stereocenters. The predicted molar refractivity (Wildman–Crippen MR) is 102 cm³/mol. The third kappa shape index (κ3) is 2.65. The lowest BCUT2D eigenvalue weighted by Gasteiger charge is -2.13. The monoisotopic (exact) mass is 346 g/mol. The Bertz CT molecular complexity index is 1010. The summed E-state index contributed by atoms with van der Waals surface area (Å²) in [6.07, 6.45) is 6.97. The van der Waals surface area contributed by atoms with E-state index in [2.05, 4.69) is 62.2 Å². The maximum Gasteiger partial charge on any atom is 0.164 e. The maximum atomic E-state index is 4.37. The fourth-order valence-corrected chi connectivity index (χ4v) is 4.46. The fourth-order valence-electron chi connectivity index (χ4n) is 3.75. The topological polar surface area (TPSA) is 43.6 Å². The third-order valence-electron chi connectivity index (χ3n) is 5.10. The van der Waals surface area contributed by atoms with E-state index in [1.165, 1.54) is 41.5 Å². The van der Waals surface area contributed by atoms with Gasteiger partial charge in [0.05, 0.1) is 15.7 Å². The largest absolute Gasteiger partial charge is 0.310 e. The minimum atomic E-state index is 0.554. The number of rotatable bonds is 3. The van der Waals surface area contributed by atoms with Crippen LogP contribution in [0.25, 0.3) is 32.7 Å². The normalized spacial score (nSPS) is 15.2. The van der Waals surface area contributed by atoms with Gasteiger partial charge in [-0.05, 0) is 36.1 Å². The molecule has 0 radical (unpaired) electrons. The minimum absolute atomic E-state index is 0.554. The Labute approximate surface area is 150 Å². The summed E-state index contributed by atoms with van der Waals surface area (Å²) in [4.78, 5) is 4.35. The molecule has 4 aromatic rings. The van der Waals surface area contributed by atoms with E-state index in [1.807, 2.05) is 11.8 Å². The SMILES string of the molecule is c1nc2ccc(-c3ccc(-c4nncn4C4CCCC4)cc3)cc2s1. The molecule has 2 heterocycles. The van der Waals surface area contributed by atoms with E-state index in [4.69, 9.17) is 0 Å². The molecule has 4 nitrogen and oxygen atoms in total. The molecule has 0 spiro atoms. The maximum absolute atomic E-state index is 4.37. The molecule has 2 aromatic carbocycles. The first-order chi connectivity index (χ1) is 12.4. The standard InChI is InChI=1S/C20H18N4S/c1-2-4-17(3-1)24-12-22-23-20(24)15-7-5-14(6-8-15)16-9-10-18-19(11-16)25-13-21-18/h5-13,17H,1-4H2. The lowest BCUT2D eigenvalue weighted by atomic mass is 10.0. The van der Waals surface area contributed by atoms with Crippen molar-refractivity contribution < 1.29 is 0 Å². The molecule has 1 aliphatic rings. The van der Waals surface area contributed by atoms with Gasteiger partial charge in [-0.15, -0.1) is 21.5 Å². The first kappa shape index (κ1) is 14.8. The third-order valence-corrected chi connectivity index (χ3v) is 5.89. The van der Waals surface area contributed by atoms with Crippen molar-refractivity contribution in [3.63, 3.8) is 0 Å². The smallest absolute Gasteiger partial charge is 0.164 e. The van der Waals surface area contributed by atoms with Gasteiger partial charge in [-0.3, -0.25) is 0 Å². The number of fused-ring (bicyclic) bond motifs is 1. The van der Waals surface area contributed by atoms with Crippen molar-refractivity contribution in [2.45, 2.75) is 31.7 Å². The van der Waals surface area contributed by atoms with E-state index in [1.54, 1.807) is 11.3 Å². The van der Waals surface area contributed by atoms with Crippen molar-refractivity contribution in [2.24, 2.45) is 0 Å². The highest BCUT2D eigenvalue weighted by Gasteiger charge is 2.20. The van der Waals surface area contributed by atoms with Crippen LogP contribution in [-0.4, -0.2) is 19.7 Å². The van der Waals surface area contributed by atoms with Crippen LogP contribution in [0.5, 0.6) is 0 Å². The Hall–Kier alpha value is -2.53. The van der Waals surface area contributed by atoms with Crippen molar-refractivity contribution in [1.29, 1.82) is 0 Å². The van der Waals surface area contributed by atoms with Crippen molar-refractivity contribution in [2.75, 3.05) is 0 Å². The van der Waals surface area contributed by atoms with Gasteiger partial charge in [-0.1, -0.05) is 43.2 Å². The number of nitrogens with zero attached hydrogens (tertiary/aromatic N) is 4. The molecule has 0 aliphatic heterocycles. The summed E-state index contributed by atoms with van der Waals surface area (Å²) in [6, 6.07) is 15.6. The van der Waals surface area contributed by atoms with Gasteiger partial charge in [-0.25, -0.2) is 4.98 Å². The molecule has 1 aliphatic carbocycles. The van der Waals surface area contributed by atoms with E-state index in [0.717, 1.165) is 16.9 Å². The van der Waals surface area contributed by atoms with Crippen LogP contribution in [0.1, 0.15) is 31.7 Å². The highest BCUT2D eigenvalue weighted by Crippen LogP contribution is 2.33. The van der Waals surface area contributed by atoms with Crippen LogP contribution in [0, 0.1) is 0 Å². The number of thiazole rings is 1. The second kappa shape index (κ2) is 6.08. The van der Waals surface area contributed by atoms with E-state index >= 15 is 0 Å². The van der Waals surface area contributed by atoms with Crippen molar-refractivity contribution >= 4 is 21.6 Å². The Morgan fingerprint density at radius 2 is 1.68 bits per heavy atom. The summed E-state index contributed by atoms with van der Waals surface area (Å²) in [7, 11) is 0. The summed E-state index contributed by atoms with van der Waals surface area (Å²) in [5.74, 6) is 0.983. The molecule has 2 aromatic heterocycles. The van der Waals surface area contributed by atoms with Gasteiger partial charge in [0.15, 0.2) is 5.82 Å². The molecule has 1 fully saturated rings. The van der Waals surface area contributed by atoms with Gasteiger partial charge in [0.1, 0.15) is 6.33 Å². The van der Waals surface area contributed by atoms with E-state index in [0.29, 0.717) is 6.04 Å². The lowest BCUT2D eigenvalue weighted by molar-refractivity contribution is 0.522. The second-order valence-electron chi connectivity index (χ2n) is 6.61. The average Bonchev–Trinajstić information content (AvgIpc) is 3.41. The van der Waals surface area contributed by atoms with Crippen molar-refractivity contribution in [1.82, 2.24) is 19.7 Å². The number of hydrogen-bond donors (Lipinski definition) is 0. The van der Waals surface area contributed by atoms with Gasteiger partial charge in [-0.2, -0.15) is 0 Å². The average molecular weight is 346 g/mol. The molecule has 0 atom stereocenters. The van der Waals surface area contributed by atoms with E-state index in [-0.39, 0.29) is 0 Å². The summed E-state index contributed by atoms with van der Waals surface area (Å²) >= 11 is 1.68. The first-order valence-electron chi connectivity index (χ1n) is 8.72. The lowest BCUT2D eigenvalue weighted by Crippen LogP contribution is -2.05. The highest BCUT2D eigenvalue weighted by molar-refractivity contribution is 7.16. The molecule has 124 valence electrons. The summed E-state index contributed by atoms with van der Waals surface area (Å²) < 4.78 is 3.48. The van der Waals surface area contributed by atoms with Crippen LogP contribution in [0.3, 0.4) is 0 Å².